The molecule has 0 fully saturated rings. The number of para-hydroxylation sites is 3. The Morgan fingerprint density at radius 2 is 1.17 bits per heavy atom. The molecule has 0 saturated heterocycles. The van der Waals surface area contributed by atoms with Gasteiger partial charge in [0.15, 0.2) is 5.69 Å². The Labute approximate surface area is 242 Å². The van der Waals surface area contributed by atoms with E-state index >= 15 is 0 Å². The first-order chi connectivity index (χ1) is 20.8. The van der Waals surface area contributed by atoms with Crippen molar-refractivity contribution in [2.75, 3.05) is 0 Å². The molecule has 0 amide bonds. The Morgan fingerprint density at radius 1 is 0.524 bits per heavy atom. The van der Waals surface area contributed by atoms with Crippen molar-refractivity contribution in [3.63, 3.8) is 0 Å². The molecule has 6 aromatic carbocycles. The lowest BCUT2D eigenvalue weighted by atomic mass is 9.97. The van der Waals surface area contributed by atoms with Gasteiger partial charge in [-0.1, -0.05) is 78.9 Å². The lowest BCUT2D eigenvalue weighted by Gasteiger charge is -2.12. The average molecular weight is 535 g/mol. The highest BCUT2D eigenvalue weighted by Crippen LogP contribution is 2.40. The van der Waals surface area contributed by atoms with Crippen molar-refractivity contribution in [2.45, 2.75) is 0 Å². The fourth-order valence-electron chi connectivity index (χ4n) is 6.39. The molecule has 2 heterocycles. The van der Waals surface area contributed by atoms with Crippen molar-refractivity contribution >= 4 is 49.3 Å². The number of nitriles is 1. The summed E-state index contributed by atoms with van der Waals surface area (Å²) in [7, 11) is 0. The van der Waals surface area contributed by atoms with Crippen LogP contribution < -0.4 is 0 Å². The zero-order valence-electron chi connectivity index (χ0n) is 22.5. The van der Waals surface area contributed by atoms with Gasteiger partial charge >= 0.3 is 0 Å². The number of rotatable bonds is 3. The van der Waals surface area contributed by atoms with Crippen LogP contribution in [0.1, 0.15) is 5.56 Å². The third-order valence-corrected chi connectivity index (χ3v) is 8.17. The van der Waals surface area contributed by atoms with Crippen LogP contribution in [-0.2, 0) is 0 Å². The molecule has 4 heteroatoms. The summed E-state index contributed by atoms with van der Waals surface area (Å²) in [6, 6.07) is 48.1. The maximum absolute atomic E-state index is 9.82. The highest BCUT2D eigenvalue weighted by atomic mass is 15.0. The molecule has 0 radical (unpaired) electrons. The van der Waals surface area contributed by atoms with E-state index in [-0.39, 0.29) is 0 Å². The molecule has 194 valence electrons. The standard InChI is InChI=1S/C38H22N4/c1-40-33-15-9-10-26(24-39)38(33)25-18-21-36-32(22-25)30-14-6-8-17-35(30)42(36)28-19-20-31-29-13-5-7-16-34(29)41(37(31)23-28)27-11-3-2-4-12-27/h2-23H. The zero-order chi connectivity index (χ0) is 28.2. The number of benzene rings is 6. The summed E-state index contributed by atoms with van der Waals surface area (Å²) in [4.78, 5) is 3.72. The van der Waals surface area contributed by atoms with Crippen LogP contribution in [-0.4, -0.2) is 9.13 Å². The van der Waals surface area contributed by atoms with Gasteiger partial charge in [-0.15, -0.1) is 0 Å². The van der Waals surface area contributed by atoms with Gasteiger partial charge in [-0.3, -0.25) is 0 Å². The van der Waals surface area contributed by atoms with Crippen molar-refractivity contribution in [2.24, 2.45) is 0 Å². The molecule has 0 saturated carbocycles. The summed E-state index contributed by atoms with van der Waals surface area (Å²) in [6.45, 7) is 7.71. The van der Waals surface area contributed by atoms with Gasteiger partial charge in [0, 0.05) is 44.0 Å². The van der Waals surface area contributed by atoms with E-state index in [4.69, 9.17) is 6.57 Å². The van der Waals surface area contributed by atoms with Gasteiger partial charge in [0.25, 0.3) is 0 Å². The number of nitrogens with zero attached hydrogens (tertiary/aromatic N) is 4. The summed E-state index contributed by atoms with van der Waals surface area (Å²) in [6.07, 6.45) is 0. The number of hydrogen-bond donors (Lipinski definition) is 0. The summed E-state index contributed by atoms with van der Waals surface area (Å²) in [5.74, 6) is 0. The van der Waals surface area contributed by atoms with Crippen molar-refractivity contribution in [3.8, 4) is 28.6 Å². The van der Waals surface area contributed by atoms with Gasteiger partial charge < -0.3 is 9.13 Å². The third kappa shape index (κ3) is 3.40. The molecule has 42 heavy (non-hydrogen) atoms. The maximum atomic E-state index is 9.82. The third-order valence-electron chi connectivity index (χ3n) is 8.17. The number of aromatic nitrogens is 2. The van der Waals surface area contributed by atoms with E-state index in [0.29, 0.717) is 16.8 Å². The van der Waals surface area contributed by atoms with Crippen LogP contribution in [0.25, 0.3) is 71.0 Å². The molecule has 4 nitrogen and oxygen atoms in total. The fourth-order valence-corrected chi connectivity index (χ4v) is 6.39. The fraction of sp³-hybridized carbons (Fsp3) is 0. The summed E-state index contributed by atoms with van der Waals surface area (Å²) in [5, 5.41) is 14.5. The Morgan fingerprint density at radius 3 is 1.90 bits per heavy atom. The summed E-state index contributed by atoms with van der Waals surface area (Å²) >= 11 is 0. The number of fused-ring (bicyclic) bond motifs is 6. The molecule has 0 spiro atoms. The van der Waals surface area contributed by atoms with E-state index in [2.05, 4.69) is 123 Å². The molecule has 0 aliphatic rings. The van der Waals surface area contributed by atoms with Crippen molar-refractivity contribution in [1.29, 1.82) is 5.26 Å². The van der Waals surface area contributed by atoms with Gasteiger partial charge in [0.1, 0.15) is 0 Å². The quantitative estimate of drug-likeness (QED) is 0.208. The van der Waals surface area contributed by atoms with E-state index in [1.807, 2.05) is 12.1 Å². The van der Waals surface area contributed by atoms with Crippen molar-refractivity contribution < 1.29 is 0 Å². The second-order valence-electron chi connectivity index (χ2n) is 10.4. The van der Waals surface area contributed by atoms with Crippen molar-refractivity contribution in [3.05, 3.63) is 150 Å². The van der Waals surface area contributed by atoms with E-state index < -0.39 is 0 Å². The van der Waals surface area contributed by atoms with Crippen LogP contribution in [0.15, 0.2) is 133 Å². The monoisotopic (exact) mass is 534 g/mol. The predicted octanol–water partition coefficient (Wildman–Crippen LogP) is 9.97. The number of hydrogen-bond acceptors (Lipinski definition) is 1. The predicted molar refractivity (Wildman–Crippen MR) is 172 cm³/mol. The Hall–Kier alpha value is -6.10. The van der Waals surface area contributed by atoms with Gasteiger partial charge in [-0.2, -0.15) is 5.26 Å². The Bertz CT molecular complexity index is 2400. The molecule has 0 bridgehead atoms. The first-order valence-electron chi connectivity index (χ1n) is 13.8. The molecule has 2 aromatic heterocycles. The molecular weight excluding hydrogens is 512 g/mol. The van der Waals surface area contributed by atoms with E-state index in [0.717, 1.165) is 44.3 Å². The molecule has 0 aliphatic heterocycles. The first kappa shape index (κ1) is 23.8. The van der Waals surface area contributed by atoms with Gasteiger partial charge in [0.05, 0.1) is 34.7 Å². The highest BCUT2D eigenvalue weighted by molar-refractivity contribution is 6.12. The minimum absolute atomic E-state index is 0.483. The molecule has 0 N–H and O–H groups in total. The lowest BCUT2D eigenvalue weighted by Crippen LogP contribution is -1.96. The Kier molecular flexibility index (Phi) is 5.22. The normalized spacial score (nSPS) is 11.3. The Balaban J connectivity index is 1.42. The van der Waals surface area contributed by atoms with Crippen LogP contribution in [0.4, 0.5) is 5.69 Å². The van der Waals surface area contributed by atoms with Crippen LogP contribution in [0.3, 0.4) is 0 Å². The average Bonchev–Trinajstić information content (AvgIpc) is 3.56. The molecule has 0 atom stereocenters. The van der Waals surface area contributed by atoms with Gasteiger partial charge in [-0.05, 0) is 60.2 Å². The van der Waals surface area contributed by atoms with E-state index in [1.165, 1.54) is 16.3 Å². The highest BCUT2D eigenvalue weighted by Gasteiger charge is 2.18. The minimum Gasteiger partial charge on any atom is -0.309 e. The largest absolute Gasteiger partial charge is 0.309 e. The van der Waals surface area contributed by atoms with Crippen LogP contribution in [0, 0.1) is 17.9 Å². The van der Waals surface area contributed by atoms with Crippen LogP contribution in [0.2, 0.25) is 0 Å². The first-order valence-corrected chi connectivity index (χ1v) is 13.8. The topological polar surface area (TPSA) is 38.0 Å². The maximum Gasteiger partial charge on any atom is 0.196 e. The van der Waals surface area contributed by atoms with Gasteiger partial charge in [0.2, 0.25) is 0 Å². The smallest absolute Gasteiger partial charge is 0.196 e. The minimum atomic E-state index is 0.483. The molecule has 8 aromatic rings. The lowest BCUT2D eigenvalue weighted by molar-refractivity contribution is 1.15. The van der Waals surface area contributed by atoms with Crippen molar-refractivity contribution in [1.82, 2.24) is 9.13 Å². The van der Waals surface area contributed by atoms with Crippen LogP contribution >= 0.6 is 0 Å². The van der Waals surface area contributed by atoms with Gasteiger partial charge in [-0.25, -0.2) is 4.85 Å². The second kappa shape index (κ2) is 9.24. The van der Waals surface area contributed by atoms with E-state index in [9.17, 15) is 5.26 Å². The molecule has 0 unspecified atom stereocenters. The second-order valence-corrected chi connectivity index (χ2v) is 10.4. The van der Waals surface area contributed by atoms with E-state index in [1.54, 1.807) is 18.2 Å². The zero-order valence-corrected chi connectivity index (χ0v) is 22.5. The molecule has 0 aliphatic carbocycles. The SMILES string of the molecule is [C-]#[N+]c1cccc(C#N)c1-c1ccc2c(c1)c1ccccc1n2-c1ccc2c3ccccc3n(-c3ccccc3)c2c1. The van der Waals surface area contributed by atoms with Crippen LogP contribution in [0.5, 0.6) is 0 Å². The molecule has 8 rings (SSSR count). The molecular formula is C38H22N4. The summed E-state index contributed by atoms with van der Waals surface area (Å²) in [5.41, 5.74) is 9.23. The summed E-state index contributed by atoms with van der Waals surface area (Å²) < 4.78 is 4.65.